The second kappa shape index (κ2) is 4.47. The number of aliphatic hydroxyl groups excluding tert-OH is 1. The number of benzene rings is 1. The van der Waals surface area contributed by atoms with Crippen molar-refractivity contribution in [2.45, 2.75) is 13.0 Å². The summed E-state index contributed by atoms with van der Waals surface area (Å²) in [5, 5.41) is 10.6. The second-order valence-corrected chi connectivity index (χ2v) is 4.30. The third kappa shape index (κ3) is 2.18. The molecule has 2 rings (SSSR count). The van der Waals surface area contributed by atoms with Crippen molar-refractivity contribution in [1.29, 1.82) is 0 Å². The molecule has 0 saturated carbocycles. The molecule has 1 aromatic carbocycles. The maximum absolute atomic E-state index is 13.1. The summed E-state index contributed by atoms with van der Waals surface area (Å²) in [6.45, 7) is 1.65. The number of rotatable bonds is 2. The Morgan fingerprint density at radius 2 is 2.18 bits per heavy atom. The molecule has 1 aromatic heterocycles. The normalized spacial score (nSPS) is 12.8. The molecular formula is C12H12ClFN2O. The number of hydrogen-bond donors (Lipinski definition) is 1. The van der Waals surface area contributed by atoms with E-state index in [0.29, 0.717) is 22.1 Å². The monoisotopic (exact) mass is 254 g/mol. The molecule has 0 saturated heterocycles. The van der Waals surface area contributed by atoms with Gasteiger partial charge in [-0.1, -0.05) is 23.7 Å². The molecular weight excluding hydrogens is 243 g/mol. The van der Waals surface area contributed by atoms with Crippen LogP contribution in [0.5, 0.6) is 0 Å². The van der Waals surface area contributed by atoms with Crippen molar-refractivity contribution >= 4 is 11.6 Å². The molecule has 1 unspecified atom stereocenters. The number of halogens is 2. The van der Waals surface area contributed by atoms with Gasteiger partial charge in [-0.05, 0) is 24.1 Å². The molecule has 17 heavy (non-hydrogen) atoms. The highest BCUT2D eigenvalue weighted by molar-refractivity contribution is 6.29. The molecule has 5 heteroatoms. The van der Waals surface area contributed by atoms with E-state index >= 15 is 0 Å². The van der Waals surface area contributed by atoms with Gasteiger partial charge in [-0.3, -0.25) is 0 Å². The molecule has 1 atom stereocenters. The van der Waals surface area contributed by atoms with Crippen molar-refractivity contribution in [2.75, 3.05) is 0 Å². The Labute approximate surface area is 103 Å². The minimum Gasteiger partial charge on any atom is -0.380 e. The lowest BCUT2D eigenvalue weighted by molar-refractivity contribution is 0.206. The fourth-order valence-electron chi connectivity index (χ4n) is 1.64. The molecule has 0 radical (unpaired) electrons. The van der Waals surface area contributed by atoms with Gasteiger partial charge in [0.1, 0.15) is 22.9 Å². The van der Waals surface area contributed by atoms with Crippen LogP contribution in [0.15, 0.2) is 24.4 Å². The van der Waals surface area contributed by atoms with Crippen molar-refractivity contribution in [3.8, 4) is 0 Å². The first-order valence-corrected chi connectivity index (χ1v) is 5.49. The highest BCUT2D eigenvalue weighted by atomic mass is 35.5. The van der Waals surface area contributed by atoms with Gasteiger partial charge in [-0.25, -0.2) is 9.37 Å². The van der Waals surface area contributed by atoms with Gasteiger partial charge in [0.25, 0.3) is 0 Å². The zero-order valence-electron chi connectivity index (χ0n) is 9.48. The summed E-state index contributed by atoms with van der Waals surface area (Å²) in [6.07, 6.45) is 0.558. The SMILES string of the molecule is Cc1cc(C(O)c2ncc(Cl)n2C)ccc1F. The van der Waals surface area contributed by atoms with E-state index in [2.05, 4.69) is 4.98 Å². The van der Waals surface area contributed by atoms with Gasteiger partial charge in [0.2, 0.25) is 0 Å². The molecule has 0 aliphatic carbocycles. The van der Waals surface area contributed by atoms with E-state index in [-0.39, 0.29) is 5.82 Å². The molecule has 90 valence electrons. The Kier molecular flexibility index (Phi) is 3.17. The van der Waals surface area contributed by atoms with Crippen LogP contribution < -0.4 is 0 Å². The molecule has 0 aliphatic heterocycles. The van der Waals surface area contributed by atoms with E-state index in [1.807, 2.05) is 0 Å². The highest BCUT2D eigenvalue weighted by Crippen LogP contribution is 2.24. The van der Waals surface area contributed by atoms with E-state index in [1.165, 1.54) is 18.3 Å². The minimum atomic E-state index is -0.910. The fraction of sp³-hybridized carbons (Fsp3) is 0.250. The van der Waals surface area contributed by atoms with E-state index in [4.69, 9.17) is 11.6 Å². The number of aryl methyl sites for hydroxylation is 1. The van der Waals surface area contributed by atoms with Crippen LogP contribution in [0.25, 0.3) is 0 Å². The van der Waals surface area contributed by atoms with Crippen LogP contribution in [-0.2, 0) is 7.05 Å². The van der Waals surface area contributed by atoms with Gasteiger partial charge in [-0.15, -0.1) is 0 Å². The Bertz CT molecular complexity index is 553. The van der Waals surface area contributed by atoms with E-state index in [0.717, 1.165) is 0 Å². The minimum absolute atomic E-state index is 0.293. The summed E-state index contributed by atoms with van der Waals surface area (Å²) in [7, 11) is 1.71. The highest BCUT2D eigenvalue weighted by Gasteiger charge is 2.17. The topological polar surface area (TPSA) is 38.1 Å². The van der Waals surface area contributed by atoms with Crippen LogP contribution in [-0.4, -0.2) is 14.7 Å². The van der Waals surface area contributed by atoms with Crippen LogP contribution in [0.3, 0.4) is 0 Å². The molecule has 0 aliphatic rings. The van der Waals surface area contributed by atoms with Gasteiger partial charge in [0.05, 0.1) is 6.20 Å². The van der Waals surface area contributed by atoms with Gasteiger partial charge >= 0.3 is 0 Å². The summed E-state index contributed by atoms with van der Waals surface area (Å²) < 4.78 is 14.7. The maximum atomic E-state index is 13.1. The molecule has 0 spiro atoms. The Hall–Kier alpha value is -1.39. The van der Waals surface area contributed by atoms with E-state index in [1.54, 1.807) is 24.6 Å². The zero-order chi connectivity index (χ0) is 12.6. The molecule has 2 aromatic rings. The summed E-state index contributed by atoms with van der Waals surface area (Å²) in [5.41, 5.74) is 1.08. The first-order valence-electron chi connectivity index (χ1n) is 5.12. The van der Waals surface area contributed by atoms with Gasteiger partial charge in [0.15, 0.2) is 0 Å². The number of aliphatic hydroxyl groups is 1. The summed E-state index contributed by atoms with van der Waals surface area (Å²) >= 11 is 5.85. The van der Waals surface area contributed by atoms with E-state index < -0.39 is 6.10 Å². The van der Waals surface area contributed by atoms with Crippen LogP contribution in [0.1, 0.15) is 23.1 Å². The van der Waals surface area contributed by atoms with Crippen LogP contribution in [0.4, 0.5) is 4.39 Å². The van der Waals surface area contributed by atoms with Gasteiger partial charge in [-0.2, -0.15) is 0 Å². The lowest BCUT2D eigenvalue weighted by Gasteiger charge is -2.12. The molecule has 1 heterocycles. The second-order valence-electron chi connectivity index (χ2n) is 3.91. The quantitative estimate of drug-likeness (QED) is 0.895. The predicted molar refractivity (Wildman–Crippen MR) is 63.4 cm³/mol. The van der Waals surface area contributed by atoms with E-state index in [9.17, 15) is 9.50 Å². The lowest BCUT2D eigenvalue weighted by atomic mass is 10.1. The average molecular weight is 255 g/mol. The van der Waals surface area contributed by atoms with Crippen molar-refractivity contribution < 1.29 is 9.50 Å². The van der Waals surface area contributed by atoms with Crippen molar-refractivity contribution in [1.82, 2.24) is 9.55 Å². The molecule has 0 amide bonds. The van der Waals surface area contributed by atoms with Crippen molar-refractivity contribution in [2.24, 2.45) is 7.05 Å². The van der Waals surface area contributed by atoms with Crippen molar-refractivity contribution in [3.63, 3.8) is 0 Å². The number of nitrogens with zero attached hydrogens (tertiary/aromatic N) is 2. The summed E-state index contributed by atoms with van der Waals surface area (Å²) in [5.74, 6) is 0.139. The van der Waals surface area contributed by atoms with Crippen LogP contribution in [0.2, 0.25) is 5.15 Å². The number of aromatic nitrogens is 2. The van der Waals surface area contributed by atoms with Crippen LogP contribution in [0, 0.1) is 12.7 Å². The standard InChI is InChI=1S/C12H12ClFN2O/c1-7-5-8(3-4-9(7)14)11(17)12-15-6-10(13)16(12)2/h3-6,11,17H,1-2H3. The fourth-order valence-corrected chi connectivity index (χ4v) is 1.78. The van der Waals surface area contributed by atoms with Gasteiger partial charge < -0.3 is 9.67 Å². The molecule has 3 nitrogen and oxygen atoms in total. The number of hydrogen-bond acceptors (Lipinski definition) is 2. The Morgan fingerprint density at radius 1 is 1.47 bits per heavy atom. The third-order valence-electron chi connectivity index (χ3n) is 2.71. The van der Waals surface area contributed by atoms with Gasteiger partial charge in [0, 0.05) is 7.05 Å². The average Bonchev–Trinajstić information content (AvgIpc) is 2.63. The van der Waals surface area contributed by atoms with Crippen molar-refractivity contribution in [3.05, 3.63) is 52.3 Å². The third-order valence-corrected chi connectivity index (χ3v) is 3.06. The predicted octanol–water partition coefficient (Wildman–Crippen LogP) is 2.60. The Balaban J connectivity index is 2.40. The summed E-state index contributed by atoms with van der Waals surface area (Å²) in [6, 6.07) is 4.47. The molecule has 1 N–H and O–H groups in total. The zero-order valence-corrected chi connectivity index (χ0v) is 10.2. The smallest absolute Gasteiger partial charge is 0.143 e. The first kappa shape index (κ1) is 12.1. The molecule has 0 fully saturated rings. The van der Waals surface area contributed by atoms with Crippen LogP contribution >= 0.6 is 11.6 Å². The number of imidazole rings is 1. The molecule has 0 bridgehead atoms. The first-order chi connectivity index (χ1) is 8.00. The lowest BCUT2D eigenvalue weighted by Crippen LogP contribution is -2.07. The Morgan fingerprint density at radius 3 is 2.71 bits per heavy atom. The maximum Gasteiger partial charge on any atom is 0.143 e. The largest absolute Gasteiger partial charge is 0.380 e. The summed E-state index contributed by atoms with van der Waals surface area (Å²) in [4.78, 5) is 4.03.